The van der Waals surface area contributed by atoms with E-state index in [9.17, 15) is 4.79 Å². The topological polar surface area (TPSA) is 58.2 Å². The Bertz CT molecular complexity index is 903. The van der Waals surface area contributed by atoms with Gasteiger partial charge in [0.1, 0.15) is 5.69 Å². The lowest BCUT2D eigenvalue weighted by molar-refractivity contribution is -0.0247. The van der Waals surface area contributed by atoms with E-state index < -0.39 is 0 Å². The van der Waals surface area contributed by atoms with E-state index in [-0.39, 0.29) is 12.0 Å². The molecular formula is C21H23N3O2S. The summed E-state index contributed by atoms with van der Waals surface area (Å²) in [6, 6.07) is 12.3. The predicted molar refractivity (Wildman–Crippen MR) is 107 cm³/mol. The van der Waals surface area contributed by atoms with Gasteiger partial charge in [-0.3, -0.25) is 4.79 Å². The van der Waals surface area contributed by atoms with Crippen molar-refractivity contribution < 1.29 is 9.53 Å². The summed E-state index contributed by atoms with van der Waals surface area (Å²) in [6.07, 6.45) is 3.82. The molecule has 4 rings (SSSR count). The van der Waals surface area contributed by atoms with Gasteiger partial charge in [0.15, 0.2) is 0 Å². The number of benzene rings is 1. The molecule has 0 saturated carbocycles. The molecule has 0 radical (unpaired) electrons. The van der Waals surface area contributed by atoms with Crippen molar-refractivity contribution in [2.24, 2.45) is 0 Å². The highest BCUT2D eigenvalue weighted by atomic mass is 32.1. The number of carbonyl (C=O) groups is 1. The van der Waals surface area contributed by atoms with Crippen LogP contribution >= 0.6 is 11.3 Å². The minimum absolute atomic E-state index is 0.0289. The summed E-state index contributed by atoms with van der Waals surface area (Å²) >= 11 is 1.61. The van der Waals surface area contributed by atoms with Crippen LogP contribution in [0.2, 0.25) is 0 Å². The first kappa shape index (κ1) is 17.9. The molecule has 0 aliphatic carbocycles. The molecule has 3 aromatic rings. The van der Waals surface area contributed by atoms with Crippen LogP contribution in [0.15, 0.2) is 48.0 Å². The van der Waals surface area contributed by atoms with E-state index in [2.05, 4.69) is 34.2 Å². The van der Waals surface area contributed by atoms with Crippen molar-refractivity contribution in [2.45, 2.75) is 25.9 Å². The first-order valence-electron chi connectivity index (χ1n) is 9.25. The van der Waals surface area contributed by atoms with Crippen molar-refractivity contribution in [1.29, 1.82) is 0 Å². The number of aromatic amines is 1. The van der Waals surface area contributed by atoms with Gasteiger partial charge in [-0.05, 0) is 31.4 Å². The molecule has 0 unspecified atom stereocenters. The molecule has 1 N–H and O–H groups in total. The number of morpholine rings is 1. The Hall–Kier alpha value is -2.44. The van der Waals surface area contributed by atoms with Gasteiger partial charge in [0, 0.05) is 30.2 Å². The summed E-state index contributed by atoms with van der Waals surface area (Å²) in [5.74, 6) is 0.0289. The lowest BCUT2D eigenvalue weighted by atomic mass is 10.1. The molecule has 1 aromatic carbocycles. The summed E-state index contributed by atoms with van der Waals surface area (Å²) in [5, 5.41) is 3.04. The van der Waals surface area contributed by atoms with Crippen LogP contribution in [0.5, 0.6) is 0 Å². The smallest absolute Gasteiger partial charge is 0.270 e. The van der Waals surface area contributed by atoms with Crippen molar-refractivity contribution in [3.8, 4) is 11.3 Å². The molecule has 1 aliphatic rings. The van der Waals surface area contributed by atoms with Crippen molar-refractivity contribution >= 4 is 17.2 Å². The lowest BCUT2D eigenvalue weighted by Gasteiger charge is -2.32. The molecule has 2 aromatic heterocycles. The summed E-state index contributed by atoms with van der Waals surface area (Å²) < 4.78 is 5.88. The second kappa shape index (κ2) is 8.06. The normalized spacial score (nSPS) is 17.2. The molecule has 1 fully saturated rings. The van der Waals surface area contributed by atoms with Gasteiger partial charge in [0.25, 0.3) is 5.91 Å². The zero-order chi connectivity index (χ0) is 18.6. The van der Waals surface area contributed by atoms with Gasteiger partial charge < -0.3 is 14.6 Å². The van der Waals surface area contributed by atoms with Gasteiger partial charge in [-0.25, -0.2) is 4.98 Å². The number of hydrogen-bond donors (Lipinski definition) is 1. The number of amides is 1. The highest BCUT2D eigenvalue weighted by molar-refractivity contribution is 7.09. The van der Waals surface area contributed by atoms with Crippen molar-refractivity contribution in [1.82, 2.24) is 14.9 Å². The number of H-pyrrole nitrogens is 1. The molecule has 1 saturated heterocycles. The molecular weight excluding hydrogens is 358 g/mol. The third kappa shape index (κ3) is 4.28. The third-order valence-electron chi connectivity index (χ3n) is 4.85. The Labute approximate surface area is 163 Å². The molecule has 0 spiro atoms. The van der Waals surface area contributed by atoms with Crippen molar-refractivity contribution in [3.63, 3.8) is 0 Å². The quantitative estimate of drug-likeness (QED) is 0.729. The van der Waals surface area contributed by atoms with Crippen LogP contribution in [-0.4, -0.2) is 46.6 Å². The average Bonchev–Trinajstić information content (AvgIpc) is 3.36. The molecule has 0 bridgehead atoms. The number of nitrogens with zero attached hydrogens (tertiary/aromatic N) is 2. The fourth-order valence-corrected chi connectivity index (χ4v) is 4.00. The second-order valence-corrected chi connectivity index (χ2v) is 7.88. The molecule has 1 amide bonds. The minimum atomic E-state index is 0.0289. The number of ether oxygens (including phenoxy) is 1. The van der Waals surface area contributed by atoms with Crippen LogP contribution in [-0.2, 0) is 11.2 Å². The van der Waals surface area contributed by atoms with Crippen LogP contribution < -0.4 is 0 Å². The molecule has 1 aliphatic heterocycles. The van der Waals surface area contributed by atoms with E-state index in [0.717, 1.165) is 29.1 Å². The Morgan fingerprint density at radius 2 is 2.22 bits per heavy atom. The summed E-state index contributed by atoms with van der Waals surface area (Å²) in [6.45, 7) is 3.83. The summed E-state index contributed by atoms with van der Waals surface area (Å²) in [4.78, 5) is 22.4. The maximum atomic E-state index is 12.9. The van der Waals surface area contributed by atoms with Crippen molar-refractivity contribution in [3.05, 3.63) is 64.2 Å². The lowest BCUT2D eigenvalue weighted by Crippen LogP contribution is -2.45. The van der Waals surface area contributed by atoms with Crippen LogP contribution in [0.4, 0.5) is 0 Å². The van der Waals surface area contributed by atoms with Gasteiger partial charge in [-0.15, -0.1) is 11.3 Å². The molecule has 5 nitrogen and oxygen atoms in total. The number of thiazole rings is 1. The maximum absolute atomic E-state index is 12.9. The Kier molecular flexibility index (Phi) is 5.36. The van der Waals surface area contributed by atoms with Crippen LogP contribution in [0.3, 0.4) is 0 Å². The molecule has 3 heterocycles. The first-order valence-corrected chi connectivity index (χ1v) is 10.1. The average molecular weight is 382 g/mol. The van der Waals surface area contributed by atoms with Gasteiger partial charge in [-0.2, -0.15) is 0 Å². The number of carbonyl (C=O) groups excluding carboxylic acids is 1. The minimum Gasteiger partial charge on any atom is -0.375 e. The monoisotopic (exact) mass is 381 g/mol. The Morgan fingerprint density at radius 3 is 3.00 bits per heavy atom. The van der Waals surface area contributed by atoms with Gasteiger partial charge in [-0.1, -0.05) is 30.3 Å². The molecule has 140 valence electrons. The van der Waals surface area contributed by atoms with E-state index in [1.165, 1.54) is 5.56 Å². The maximum Gasteiger partial charge on any atom is 0.270 e. The van der Waals surface area contributed by atoms with E-state index in [0.29, 0.717) is 25.4 Å². The van der Waals surface area contributed by atoms with Gasteiger partial charge in [0.05, 0.1) is 23.4 Å². The number of aryl methyl sites for hydroxylation is 2. The number of aromatic nitrogens is 2. The predicted octanol–water partition coefficient (Wildman–Crippen LogP) is 3.92. The fourth-order valence-electron chi connectivity index (χ4n) is 3.38. The van der Waals surface area contributed by atoms with E-state index in [1.54, 1.807) is 11.3 Å². The van der Waals surface area contributed by atoms with Crippen LogP contribution in [0.25, 0.3) is 11.3 Å². The van der Waals surface area contributed by atoms with Gasteiger partial charge >= 0.3 is 0 Å². The first-order chi connectivity index (χ1) is 13.2. The number of hydrogen-bond acceptors (Lipinski definition) is 4. The number of nitrogens with one attached hydrogen (secondary N) is 1. The summed E-state index contributed by atoms with van der Waals surface area (Å²) in [5.41, 5.74) is 3.78. The molecule has 1 atom stereocenters. The van der Waals surface area contributed by atoms with Crippen LogP contribution in [0, 0.1) is 6.92 Å². The van der Waals surface area contributed by atoms with Gasteiger partial charge in [0.2, 0.25) is 0 Å². The SMILES string of the molecule is Cc1nc(-c2c[nH]c(C(=O)N3CCO[C@@H](CCc4ccccc4)C3)c2)cs1. The standard InChI is InChI=1S/C21H23N3O2S/c1-15-23-20(14-27-15)17-11-19(22-12-17)21(25)24-9-10-26-18(13-24)8-7-16-5-3-2-4-6-16/h2-6,11-12,14,18,22H,7-10,13H2,1H3/t18-/m0/s1. The highest BCUT2D eigenvalue weighted by Crippen LogP contribution is 2.23. The number of rotatable bonds is 5. The zero-order valence-corrected chi connectivity index (χ0v) is 16.2. The second-order valence-electron chi connectivity index (χ2n) is 6.82. The Balaban J connectivity index is 1.38. The van der Waals surface area contributed by atoms with E-state index >= 15 is 0 Å². The fraction of sp³-hybridized carbons (Fsp3) is 0.333. The third-order valence-corrected chi connectivity index (χ3v) is 5.63. The molecule has 6 heteroatoms. The van der Waals surface area contributed by atoms with Crippen molar-refractivity contribution in [2.75, 3.05) is 19.7 Å². The Morgan fingerprint density at radius 1 is 1.37 bits per heavy atom. The van der Waals surface area contributed by atoms with E-state index in [4.69, 9.17) is 4.74 Å². The largest absolute Gasteiger partial charge is 0.375 e. The zero-order valence-electron chi connectivity index (χ0n) is 15.4. The summed E-state index contributed by atoms with van der Waals surface area (Å²) in [7, 11) is 0. The van der Waals surface area contributed by atoms with Crippen LogP contribution in [0.1, 0.15) is 27.5 Å². The highest BCUT2D eigenvalue weighted by Gasteiger charge is 2.26. The molecule has 27 heavy (non-hydrogen) atoms. The van der Waals surface area contributed by atoms with E-state index in [1.807, 2.05) is 35.5 Å².